The van der Waals surface area contributed by atoms with Crippen molar-refractivity contribution >= 4 is 17.5 Å². The average Bonchev–Trinajstić information content (AvgIpc) is 2.69. The van der Waals surface area contributed by atoms with Crippen LogP contribution in [0.3, 0.4) is 0 Å². The number of aromatic nitrogens is 1. The molecular weight excluding hydrogens is 414 g/mol. The molecule has 0 radical (unpaired) electrons. The quantitative estimate of drug-likeness (QED) is 0.649. The van der Waals surface area contributed by atoms with Crippen LogP contribution in [-0.4, -0.2) is 22.5 Å². The molecule has 4 N–H and O–H groups in total. The summed E-state index contributed by atoms with van der Waals surface area (Å²) in [5.74, 6) is -1.06. The molecule has 0 saturated heterocycles. The zero-order chi connectivity index (χ0) is 21.4. The summed E-state index contributed by atoms with van der Waals surface area (Å²) in [6, 6.07) is 6.04. The number of aliphatic hydroxyl groups is 1. The minimum Gasteiger partial charge on any atom is -0.382 e. The van der Waals surface area contributed by atoms with Crippen molar-refractivity contribution < 1.29 is 27.5 Å². The Bertz CT molecular complexity index is 940. The van der Waals surface area contributed by atoms with E-state index in [1.165, 1.54) is 24.4 Å². The third kappa shape index (κ3) is 3.82. The van der Waals surface area contributed by atoms with Crippen LogP contribution in [0.15, 0.2) is 36.5 Å². The third-order valence-electron chi connectivity index (χ3n) is 5.08. The van der Waals surface area contributed by atoms with E-state index in [1.807, 2.05) is 0 Å². The summed E-state index contributed by atoms with van der Waals surface area (Å²) in [7, 11) is 0. The highest BCUT2D eigenvalue weighted by Gasteiger charge is 2.51. The predicted octanol–water partition coefficient (Wildman–Crippen LogP) is 3.18. The van der Waals surface area contributed by atoms with Gasteiger partial charge in [0.05, 0.1) is 16.3 Å². The van der Waals surface area contributed by atoms with Gasteiger partial charge < -0.3 is 16.2 Å². The number of fused-ring (bicyclic) bond motifs is 1. The molecule has 156 valence electrons. The van der Waals surface area contributed by atoms with Crippen LogP contribution in [0.1, 0.15) is 35.2 Å². The molecule has 0 fully saturated rings. The third-order valence-corrected chi connectivity index (χ3v) is 5.53. The number of hydrogen-bond donors (Lipinski definition) is 3. The van der Waals surface area contributed by atoms with Crippen molar-refractivity contribution in [2.24, 2.45) is 5.73 Å². The summed E-state index contributed by atoms with van der Waals surface area (Å²) in [5.41, 5.74) is 0.340. The molecule has 1 amide bonds. The first-order valence-corrected chi connectivity index (χ1v) is 9.11. The maximum atomic E-state index is 15.7. The van der Waals surface area contributed by atoms with Crippen LogP contribution in [0.25, 0.3) is 0 Å². The van der Waals surface area contributed by atoms with Gasteiger partial charge in [0, 0.05) is 24.8 Å². The highest BCUT2D eigenvalue weighted by Crippen LogP contribution is 2.45. The van der Waals surface area contributed by atoms with Gasteiger partial charge in [0.25, 0.3) is 5.91 Å². The summed E-state index contributed by atoms with van der Waals surface area (Å²) < 4.78 is 54.6. The second-order valence-corrected chi connectivity index (χ2v) is 7.27. The molecular formula is C19H18ClF4N3O2. The van der Waals surface area contributed by atoms with Gasteiger partial charge in [-0.2, -0.15) is 13.2 Å². The van der Waals surface area contributed by atoms with Gasteiger partial charge in [0.2, 0.25) is 5.67 Å². The van der Waals surface area contributed by atoms with Crippen molar-refractivity contribution in [3.8, 4) is 0 Å². The number of nitrogens with zero attached hydrogens (tertiary/aromatic N) is 1. The van der Waals surface area contributed by atoms with Crippen LogP contribution in [0.5, 0.6) is 0 Å². The van der Waals surface area contributed by atoms with E-state index in [1.54, 1.807) is 0 Å². The zero-order valence-corrected chi connectivity index (χ0v) is 15.8. The molecule has 0 spiro atoms. The number of amides is 1. The van der Waals surface area contributed by atoms with Crippen molar-refractivity contribution in [2.75, 3.05) is 6.54 Å². The molecule has 1 heterocycles. The molecule has 0 aliphatic heterocycles. The molecule has 3 rings (SSSR count). The molecule has 1 aromatic carbocycles. The lowest BCUT2D eigenvalue weighted by molar-refractivity contribution is -0.137. The molecule has 10 heteroatoms. The lowest BCUT2D eigenvalue weighted by Gasteiger charge is -2.39. The molecule has 2 aromatic rings. The van der Waals surface area contributed by atoms with E-state index in [9.17, 15) is 23.1 Å². The monoisotopic (exact) mass is 431 g/mol. The van der Waals surface area contributed by atoms with Crippen LogP contribution >= 0.6 is 11.6 Å². The van der Waals surface area contributed by atoms with Crippen LogP contribution in [-0.2, 0) is 28.8 Å². The van der Waals surface area contributed by atoms with Crippen LogP contribution in [0.4, 0.5) is 17.6 Å². The largest absolute Gasteiger partial charge is 0.417 e. The van der Waals surface area contributed by atoms with E-state index in [2.05, 4.69) is 10.3 Å². The van der Waals surface area contributed by atoms with Crippen molar-refractivity contribution in [2.45, 2.75) is 36.8 Å². The minimum atomic E-state index is -4.65. The van der Waals surface area contributed by atoms with Crippen LogP contribution in [0.2, 0.25) is 5.02 Å². The number of benzene rings is 1. The Morgan fingerprint density at radius 2 is 2.00 bits per heavy atom. The smallest absolute Gasteiger partial charge is 0.382 e. The minimum absolute atomic E-state index is 0.000811. The maximum absolute atomic E-state index is 15.7. The molecule has 1 aliphatic carbocycles. The number of halogens is 5. The van der Waals surface area contributed by atoms with Gasteiger partial charge in [0.15, 0.2) is 0 Å². The molecule has 0 saturated carbocycles. The predicted molar refractivity (Wildman–Crippen MR) is 97.5 cm³/mol. The van der Waals surface area contributed by atoms with Gasteiger partial charge in [0.1, 0.15) is 5.60 Å². The molecule has 1 aromatic heterocycles. The number of rotatable bonds is 4. The van der Waals surface area contributed by atoms with Crippen molar-refractivity contribution in [3.63, 3.8) is 0 Å². The van der Waals surface area contributed by atoms with Gasteiger partial charge >= 0.3 is 6.18 Å². The molecule has 1 aliphatic rings. The Kier molecular flexibility index (Phi) is 5.59. The number of hydrogen-bond acceptors (Lipinski definition) is 4. The lowest BCUT2D eigenvalue weighted by atomic mass is 9.74. The maximum Gasteiger partial charge on any atom is 0.417 e. The summed E-state index contributed by atoms with van der Waals surface area (Å²) in [6.07, 6.45) is -3.80. The Labute approximate surface area is 168 Å². The van der Waals surface area contributed by atoms with E-state index in [4.69, 9.17) is 17.3 Å². The molecule has 2 unspecified atom stereocenters. The van der Waals surface area contributed by atoms with Gasteiger partial charge in [-0.15, -0.1) is 0 Å². The summed E-state index contributed by atoms with van der Waals surface area (Å²) in [6.45, 7) is -0.599. The Morgan fingerprint density at radius 1 is 1.28 bits per heavy atom. The van der Waals surface area contributed by atoms with Gasteiger partial charge in [-0.3, -0.25) is 9.78 Å². The second kappa shape index (κ2) is 7.55. The number of nitrogens with two attached hydrogens (primary N) is 1. The molecule has 29 heavy (non-hydrogen) atoms. The molecule has 2 atom stereocenters. The fourth-order valence-electron chi connectivity index (χ4n) is 3.41. The number of alkyl halides is 4. The summed E-state index contributed by atoms with van der Waals surface area (Å²) >= 11 is 5.81. The topological polar surface area (TPSA) is 88.2 Å². The fourth-order valence-corrected chi connectivity index (χ4v) is 3.71. The fraction of sp³-hybridized carbons (Fsp3) is 0.368. The van der Waals surface area contributed by atoms with E-state index >= 15 is 4.39 Å². The Morgan fingerprint density at radius 3 is 2.66 bits per heavy atom. The second-order valence-electron chi connectivity index (χ2n) is 6.90. The molecule has 0 bridgehead atoms. The van der Waals surface area contributed by atoms with Crippen molar-refractivity contribution in [1.82, 2.24) is 10.3 Å². The standard InChI is InChI=1S/C19H18ClF4N3O2/c20-14-11(3-1-4-12(14)19(22,23)24)9-27-16(28)18(21)7-6-17(29,10-25)15-13(18)5-2-8-26-15/h1-5,8,29H,6-7,9-10,25H2,(H,27,28). The van der Waals surface area contributed by atoms with Crippen LogP contribution in [0, 0.1) is 0 Å². The van der Waals surface area contributed by atoms with E-state index in [0.717, 1.165) is 12.1 Å². The lowest BCUT2D eigenvalue weighted by Crippen LogP contribution is -2.50. The van der Waals surface area contributed by atoms with Crippen molar-refractivity contribution in [3.05, 3.63) is 63.9 Å². The summed E-state index contributed by atoms with van der Waals surface area (Å²) in [5, 5.41) is 12.3. The Balaban J connectivity index is 1.86. The van der Waals surface area contributed by atoms with E-state index in [-0.39, 0.29) is 36.2 Å². The number of pyridine rings is 1. The van der Waals surface area contributed by atoms with E-state index in [0.29, 0.717) is 0 Å². The number of carbonyl (C=O) groups is 1. The zero-order valence-electron chi connectivity index (χ0n) is 15.1. The number of carbonyl (C=O) groups excluding carboxylic acids is 1. The first-order chi connectivity index (χ1) is 13.5. The first kappa shape index (κ1) is 21.5. The SMILES string of the molecule is NCC1(O)CCC(F)(C(=O)NCc2cccc(C(F)(F)F)c2Cl)c2cccnc21. The normalized spacial score (nSPS) is 24.1. The van der Waals surface area contributed by atoms with Gasteiger partial charge in [-0.25, -0.2) is 4.39 Å². The molecule has 5 nitrogen and oxygen atoms in total. The number of nitrogens with one attached hydrogen (secondary N) is 1. The summed E-state index contributed by atoms with van der Waals surface area (Å²) in [4.78, 5) is 16.7. The average molecular weight is 432 g/mol. The van der Waals surface area contributed by atoms with Crippen LogP contribution < -0.4 is 11.1 Å². The van der Waals surface area contributed by atoms with Gasteiger partial charge in [-0.1, -0.05) is 29.8 Å². The van der Waals surface area contributed by atoms with Gasteiger partial charge in [-0.05, 0) is 30.5 Å². The van der Waals surface area contributed by atoms with E-state index < -0.39 is 40.5 Å². The Hall–Kier alpha value is -2.23. The highest BCUT2D eigenvalue weighted by molar-refractivity contribution is 6.32. The van der Waals surface area contributed by atoms with Crippen molar-refractivity contribution in [1.29, 1.82) is 0 Å². The first-order valence-electron chi connectivity index (χ1n) is 8.73. The highest BCUT2D eigenvalue weighted by atomic mass is 35.5.